The van der Waals surface area contributed by atoms with Gasteiger partial charge in [-0.25, -0.2) is 9.07 Å². The summed E-state index contributed by atoms with van der Waals surface area (Å²) in [4.78, 5) is 0. The predicted molar refractivity (Wildman–Crippen MR) is 69.6 cm³/mol. The highest BCUT2D eigenvalue weighted by molar-refractivity contribution is 9.10. The van der Waals surface area contributed by atoms with Crippen LogP contribution in [0.15, 0.2) is 22.7 Å². The lowest BCUT2D eigenvalue weighted by Crippen LogP contribution is -2.07. The molecule has 94 valence electrons. The first kappa shape index (κ1) is 11.6. The molecule has 0 aliphatic heterocycles. The first-order valence-electron chi connectivity index (χ1n) is 5.78. The minimum atomic E-state index is -0.270. The summed E-state index contributed by atoms with van der Waals surface area (Å²) in [6, 6.07) is 4.97. The number of hydrogen-bond acceptors (Lipinski definition) is 3. The second kappa shape index (κ2) is 4.35. The maximum absolute atomic E-state index is 13.4. The van der Waals surface area contributed by atoms with E-state index < -0.39 is 0 Å². The second-order valence-electron chi connectivity index (χ2n) is 4.50. The molecular weight excluding hydrogens is 299 g/mol. The molecule has 1 aliphatic rings. The largest absolute Gasteiger partial charge is 0.381 e. The van der Waals surface area contributed by atoms with Gasteiger partial charge in [0.05, 0.1) is 16.7 Å². The Labute approximate surface area is 112 Å². The molecule has 2 aromatic rings. The number of anilines is 1. The van der Waals surface area contributed by atoms with E-state index in [1.807, 2.05) is 6.07 Å². The molecule has 3 rings (SSSR count). The SMILES string of the molecule is Nc1nnn(Cc2cccc(F)c2Br)c1C1CC1. The molecule has 0 atom stereocenters. The fourth-order valence-corrected chi connectivity index (χ4v) is 2.45. The summed E-state index contributed by atoms with van der Waals surface area (Å²) in [5.74, 6) is 0.686. The Morgan fingerprint density at radius 2 is 2.22 bits per heavy atom. The molecule has 1 aromatic heterocycles. The normalized spacial score (nSPS) is 15.0. The number of benzene rings is 1. The third-order valence-electron chi connectivity index (χ3n) is 3.12. The highest BCUT2D eigenvalue weighted by Crippen LogP contribution is 2.42. The summed E-state index contributed by atoms with van der Waals surface area (Å²) in [7, 11) is 0. The highest BCUT2D eigenvalue weighted by atomic mass is 79.9. The van der Waals surface area contributed by atoms with Gasteiger partial charge in [-0.1, -0.05) is 17.3 Å². The molecule has 0 unspecified atom stereocenters. The number of nitrogen functional groups attached to an aromatic ring is 1. The zero-order valence-electron chi connectivity index (χ0n) is 9.61. The van der Waals surface area contributed by atoms with Crippen molar-refractivity contribution in [2.75, 3.05) is 5.73 Å². The van der Waals surface area contributed by atoms with Gasteiger partial charge in [0.25, 0.3) is 0 Å². The number of halogens is 2. The van der Waals surface area contributed by atoms with E-state index in [4.69, 9.17) is 5.73 Å². The van der Waals surface area contributed by atoms with Crippen LogP contribution >= 0.6 is 15.9 Å². The maximum Gasteiger partial charge on any atom is 0.169 e. The van der Waals surface area contributed by atoms with Crippen LogP contribution in [0.2, 0.25) is 0 Å². The van der Waals surface area contributed by atoms with Crippen molar-refractivity contribution in [3.63, 3.8) is 0 Å². The zero-order valence-corrected chi connectivity index (χ0v) is 11.2. The lowest BCUT2D eigenvalue weighted by molar-refractivity contribution is 0.596. The van der Waals surface area contributed by atoms with E-state index >= 15 is 0 Å². The van der Waals surface area contributed by atoms with Gasteiger partial charge in [-0.2, -0.15) is 0 Å². The van der Waals surface area contributed by atoms with Gasteiger partial charge in [-0.3, -0.25) is 0 Å². The molecule has 1 heterocycles. The highest BCUT2D eigenvalue weighted by Gasteiger charge is 2.30. The van der Waals surface area contributed by atoms with Crippen LogP contribution in [0.4, 0.5) is 10.2 Å². The van der Waals surface area contributed by atoms with Crippen molar-refractivity contribution in [3.8, 4) is 0 Å². The Balaban J connectivity index is 1.95. The van der Waals surface area contributed by atoms with E-state index in [-0.39, 0.29) is 5.82 Å². The standard InChI is InChI=1S/C12H12BrFN4/c13-10-8(2-1-3-9(10)14)6-18-11(7-4-5-7)12(15)16-17-18/h1-3,7H,4-6,15H2. The third-order valence-corrected chi connectivity index (χ3v) is 4.00. The Bertz CT molecular complexity index is 592. The quantitative estimate of drug-likeness (QED) is 0.948. The zero-order chi connectivity index (χ0) is 12.7. The lowest BCUT2D eigenvalue weighted by atomic mass is 10.2. The van der Waals surface area contributed by atoms with E-state index in [1.165, 1.54) is 6.07 Å². The first-order chi connectivity index (χ1) is 8.66. The number of nitrogens with two attached hydrogens (primary N) is 1. The Hall–Kier alpha value is -1.43. The van der Waals surface area contributed by atoms with Crippen LogP contribution < -0.4 is 5.73 Å². The maximum atomic E-state index is 13.4. The molecule has 4 nitrogen and oxygen atoms in total. The molecule has 1 saturated carbocycles. The summed E-state index contributed by atoms with van der Waals surface area (Å²) in [6.45, 7) is 0.481. The molecule has 6 heteroatoms. The van der Waals surface area contributed by atoms with E-state index in [1.54, 1.807) is 10.7 Å². The smallest absolute Gasteiger partial charge is 0.169 e. The Morgan fingerprint density at radius 3 is 2.94 bits per heavy atom. The summed E-state index contributed by atoms with van der Waals surface area (Å²) in [6.07, 6.45) is 2.25. The number of hydrogen-bond donors (Lipinski definition) is 1. The van der Waals surface area contributed by atoms with Gasteiger partial charge >= 0.3 is 0 Å². The first-order valence-corrected chi connectivity index (χ1v) is 6.58. The predicted octanol–water partition coefficient (Wildman–Crippen LogP) is 2.69. The van der Waals surface area contributed by atoms with Crippen LogP contribution in [0.25, 0.3) is 0 Å². The van der Waals surface area contributed by atoms with E-state index in [9.17, 15) is 4.39 Å². The van der Waals surface area contributed by atoms with Crippen LogP contribution in [-0.4, -0.2) is 15.0 Å². The molecule has 0 saturated heterocycles. The molecule has 1 aliphatic carbocycles. The summed E-state index contributed by atoms with van der Waals surface area (Å²) in [5, 5.41) is 7.95. The summed E-state index contributed by atoms with van der Waals surface area (Å²) < 4.78 is 15.7. The lowest BCUT2D eigenvalue weighted by Gasteiger charge is -2.08. The number of nitrogens with zero attached hydrogens (tertiary/aromatic N) is 3. The molecule has 2 N–H and O–H groups in total. The summed E-state index contributed by atoms with van der Waals surface area (Å²) in [5.41, 5.74) is 7.64. The van der Waals surface area contributed by atoms with Crippen molar-refractivity contribution in [1.82, 2.24) is 15.0 Å². The third kappa shape index (κ3) is 2.01. The summed E-state index contributed by atoms with van der Waals surface area (Å²) >= 11 is 3.25. The number of rotatable bonds is 3. The molecule has 0 amide bonds. The van der Waals surface area contributed by atoms with Crippen molar-refractivity contribution in [3.05, 3.63) is 39.7 Å². The van der Waals surface area contributed by atoms with Gasteiger partial charge in [-0.15, -0.1) is 5.10 Å². The minimum Gasteiger partial charge on any atom is -0.381 e. The van der Waals surface area contributed by atoms with Gasteiger partial charge in [0, 0.05) is 5.92 Å². The monoisotopic (exact) mass is 310 g/mol. The molecule has 0 spiro atoms. The van der Waals surface area contributed by atoms with Gasteiger partial charge in [0.15, 0.2) is 5.82 Å². The van der Waals surface area contributed by atoms with Gasteiger partial charge in [0.2, 0.25) is 0 Å². The van der Waals surface area contributed by atoms with Crippen LogP contribution in [0, 0.1) is 5.82 Å². The number of aromatic nitrogens is 3. The topological polar surface area (TPSA) is 56.7 Å². The van der Waals surface area contributed by atoms with E-state index in [0.29, 0.717) is 22.8 Å². The fraction of sp³-hybridized carbons (Fsp3) is 0.333. The van der Waals surface area contributed by atoms with Crippen molar-refractivity contribution in [2.45, 2.75) is 25.3 Å². The Kier molecular flexibility index (Phi) is 2.81. The van der Waals surface area contributed by atoms with Crippen LogP contribution in [-0.2, 0) is 6.54 Å². The second-order valence-corrected chi connectivity index (χ2v) is 5.30. The van der Waals surface area contributed by atoms with Crippen LogP contribution in [0.1, 0.15) is 30.0 Å². The van der Waals surface area contributed by atoms with Crippen molar-refractivity contribution in [1.29, 1.82) is 0 Å². The molecule has 1 aromatic carbocycles. The van der Waals surface area contributed by atoms with E-state index in [2.05, 4.69) is 26.2 Å². The van der Waals surface area contributed by atoms with E-state index in [0.717, 1.165) is 24.1 Å². The van der Waals surface area contributed by atoms with Crippen LogP contribution in [0.5, 0.6) is 0 Å². The fourth-order valence-electron chi connectivity index (χ4n) is 2.06. The van der Waals surface area contributed by atoms with Crippen LogP contribution in [0.3, 0.4) is 0 Å². The van der Waals surface area contributed by atoms with Gasteiger partial charge < -0.3 is 5.73 Å². The molecule has 0 radical (unpaired) electrons. The van der Waals surface area contributed by atoms with Gasteiger partial charge in [0.1, 0.15) is 5.82 Å². The molecule has 0 bridgehead atoms. The Morgan fingerprint density at radius 1 is 1.44 bits per heavy atom. The average molecular weight is 311 g/mol. The molecular formula is C12H12BrFN4. The van der Waals surface area contributed by atoms with Crippen molar-refractivity contribution < 1.29 is 4.39 Å². The molecule has 18 heavy (non-hydrogen) atoms. The molecule has 1 fully saturated rings. The van der Waals surface area contributed by atoms with Crippen molar-refractivity contribution >= 4 is 21.7 Å². The van der Waals surface area contributed by atoms with Gasteiger partial charge in [-0.05, 0) is 40.4 Å². The van der Waals surface area contributed by atoms with Crippen molar-refractivity contribution in [2.24, 2.45) is 0 Å². The average Bonchev–Trinajstić information content (AvgIpc) is 3.11. The minimum absolute atomic E-state index is 0.270.